The lowest BCUT2D eigenvalue weighted by Gasteiger charge is -2.18. The first-order chi connectivity index (χ1) is 20.9. The van der Waals surface area contributed by atoms with Gasteiger partial charge in [0.2, 0.25) is 5.91 Å². The molecule has 4 aromatic rings. The van der Waals surface area contributed by atoms with Crippen molar-refractivity contribution < 1.29 is 19.5 Å². The van der Waals surface area contributed by atoms with Crippen molar-refractivity contribution >= 4 is 40.8 Å². The van der Waals surface area contributed by atoms with Crippen LogP contribution in [0.15, 0.2) is 43.1 Å². The Hall–Kier alpha value is -4.98. The average Bonchev–Trinajstić information content (AvgIpc) is 3.92. The van der Waals surface area contributed by atoms with Crippen molar-refractivity contribution in [1.82, 2.24) is 34.2 Å². The molecule has 7 rings (SSSR count). The van der Waals surface area contributed by atoms with Gasteiger partial charge in [-0.2, -0.15) is 0 Å². The highest BCUT2D eigenvalue weighted by atomic mass is 16.3. The standard InChI is InChI=1S/C29H30N10O4/c1-16-4-5-30-26(34-16)20-9-21(20)28(42)36-24-10-23(32-15-33-24)31-11-19-13-37-12-18(17-2-3-17)8-22(27(37)35-19)39-14-25(41)38(6-7-40)29(39)43/h4-5,8,10,12-13,15,17,20-21,40H,2-3,6-7,9,11,14H2,1H3,(H2,31,32,33,36,42)/t20-,21-/m0/s1. The molecule has 43 heavy (non-hydrogen) atoms. The van der Waals surface area contributed by atoms with Crippen LogP contribution in [-0.2, 0) is 16.1 Å². The Bertz CT molecular complexity index is 1750. The molecule has 0 aromatic carbocycles. The van der Waals surface area contributed by atoms with E-state index in [0.717, 1.165) is 29.0 Å². The number of fused-ring (bicyclic) bond motifs is 1. The lowest BCUT2D eigenvalue weighted by Crippen LogP contribution is -2.35. The number of nitrogens with zero attached hydrogens (tertiary/aromatic N) is 8. The van der Waals surface area contributed by atoms with Gasteiger partial charge in [0.25, 0.3) is 5.91 Å². The zero-order valence-electron chi connectivity index (χ0n) is 23.5. The Morgan fingerprint density at radius 2 is 1.93 bits per heavy atom. The van der Waals surface area contributed by atoms with Gasteiger partial charge in [0.1, 0.15) is 30.3 Å². The monoisotopic (exact) mass is 582 g/mol. The highest BCUT2D eigenvalue weighted by Gasteiger charge is 2.46. The van der Waals surface area contributed by atoms with Gasteiger partial charge in [-0.25, -0.2) is 29.7 Å². The molecular formula is C29H30N10O4. The molecule has 2 saturated carbocycles. The third kappa shape index (κ3) is 5.36. The molecule has 5 heterocycles. The number of pyridine rings is 1. The van der Waals surface area contributed by atoms with Crippen LogP contribution in [0, 0.1) is 12.8 Å². The zero-order chi connectivity index (χ0) is 29.7. The van der Waals surface area contributed by atoms with Crippen molar-refractivity contribution in [3.05, 3.63) is 65.9 Å². The maximum absolute atomic E-state index is 13.0. The predicted molar refractivity (Wildman–Crippen MR) is 154 cm³/mol. The van der Waals surface area contributed by atoms with Crippen LogP contribution >= 0.6 is 0 Å². The molecule has 14 nitrogen and oxygen atoms in total. The van der Waals surface area contributed by atoms with Crippen LogP contribution in [0.1, 0.15) is 53.9 Å². The number of aryl methyl sites for hydroxylation is 1. The Labute approximate surface area is 246 Å². The number of aliphatic hydroxyl groups excluding tert-OH is 1. The number of aromatic nitrogens is 6. The van der Waals surface area contributed by atoms with Crippen LogP contribution < -0.4 is 15.5 Å². The molecule has 4 aromatic heterocycles. The number of β-amino-alcohol motifs (C(OH)–C–C–N with tert-alkyl or cyclic N) is 1. The Balaban J connectivity index is 1.05. The first-order valence-electron chi connectivity index (χ1n) is 14.3. The number of nitrogens with one attached hydrogen (secondary N) is 2. The van der Waals surface area contributed by atoms with Gasteiger partial charge in [0, 0.05) is 42.2 Å². The highest BCUT2D eigenvalue weighted by Crippen LogP contribution is 2.46. The minimum atomic E-state index is -0.462. The van der Waals surface area contributed by atoms with Crippen LogP contribution in [0.2, 0.25) is 0 Å². The van der Waals surface area contributed by atoms with Crippen LogP contribution in [-0.4, -0.2) is 76.9 Å². The van der Waals surface area contributed by atoms with Crippen molar-refractivity contribution in [3.8, 4) is 0 Å². The summed E-state index contributed by atoms with van der Waals surface area (Å²) >= 11 is 0. The number of carbonyl (C=O) groups excluding carboxylic acids is 3. The molecule has 3 fully saturated rings. The van der Waals surface area contributed by atoms with E-state index in [-0.39, 0.29) is 43.3 Å². The number of carbonyl (C=O) groups is 3. The summed E-state index contributed by atoms with van der Waals surface area (Å²) < 4.78 is 1.89. The Morgan fingerprint density at radius 1 is 1.09 bits per heavy atom. The molecule has 0 bridgehead atoms. The summed E-state index contributed by atoms with van der Waals surface area (Å²) in [4.78, 5) is 62.8. The Kier molecular flexibility index (Phi) is 6.69. The van der Waals surface area contributed by atoms with Gasteiger partial charge in [-0.1, -0.05) is 0 Å². The van der Waals surface area contributed by atoms with E-state index in [0.29, 0.717) is 53.4 Å². The third-order valence-electron chi connectivity index (χ3n) is 7.96. The first-order valence-corrected chi connectivity index (χ1v) is 14.3. The van der Waals surface area contributed by atoms with Gasteiger partial charge in [-0.15, -0.1) is 0 Å². The van der Waals surface area contributed by atoms with E-state index < -0.39 is 6.03 Å². The molecule has 0 spiro atoms. The molecule has 2 atom stereocenters. The van der Waals surface area contributed by atoms with Gasteiger partial charge < -0.3 is 20.1 Å². The largest absolute Gasteiger partial charge is 0.395 e. The van der Waals surface area contributed by atoms with Crippen molar-refractivity contribution in [2.24, 2.45) is 5.92 Å². The quantitative estimate of drug-likeness (QED) is 0.236. The third-order valence-corrected chi connectivity index (χ3v) is 7.96. The van der Waals surface area contributed by atoms with Gasteiger partial charge in [0.05, 0.1) is 31.1 Å². The topological polar surface area (TPSA) is 171 Å². The lowest BCUT2D eigenvalue weighted by molar-refractivity contribution is -0.125. The maximum Gasteiger partial charge on any atom is 0.331 e. The van der Waals surface area contributed by atoms with Crippen LogP contribution in [0.4, 0.5) is 22.1 Å². The number of anilines is 3. The minimum Gasteiger partial charge on any atom is -0.395 e. The SMILES string of the molecule is Cc1ccnc([C@H]2C[C@@H]2C(=O)Nc2cc(NCc3cn4cc(C5CC5)cc(N5CC(=O)N(CCO)C5=O)c4n3)ncn2)n1. The number of imidazole rings is 1. The summed E-state index contributed by atoms with van der Waals surface area (Å²) in [6.45, 7) is 1.79. The number of hydrogen-bond acceptors (Lipinski definition) is 10. The second kappa shape index (κ2) is 10.7. The van der Waals surface area contributed by atoms with Gasteiger partial charge in [-0.05, 0) is 49.8 Å². The number of urea groups is 1. The number of hydrogen-bond donors (Lipinski definition) is 3. The van der Waals surface area contributed by atoms with E-state index in [2.05, 4.69) is 30.6 Å². The number of imide groups is 1. The number of rotatable bonds is 10. The van der Waals surface area contributed by atoms with Crippen molar-refractivity contribution in [3.63, 3.8) is 0 Å². The summed E-state index contributed by atoms with van der Waals surface area (Å²) in [7, 11) is 0. The summed E-state index contributed by atoms with van der Waals surface area (Å²) in [5.41, 5.74) is 3.78. The molecule has 4 amide bonds. The molecule has 3 N–H and O–H groups in total. The molecule has 220 valence electrons. The molecule has 3 aliphatic rings. The van der Waals surface area contributed by atoms with E-state index >= 15 is 0 Å². The molecular weight excluding hydrogens is 552 g/mol. The smallest absolute Gasteiger partial charge is 0.331 e. The van der Waals surface area contributed by atoms with E-state index in [9.17, 15) is 19.5 Å². The molecule has 1 saturated heterocycles. The fourth-order valence-corrected chi connectivity index (χ4v) is 5.46. The fraction of sp³-hybridized carbons (Fsp3) is 0.379. The van der Waals surface area contributed by atoms with Gasteiger partial charge in [-0.3, -0.25) is 19.4 Å². The fourth-order valence-electron chi connectivity index (χ4n) is 5.46. The van der Waals surface area contributed by atoms with Gasteiger partial charge in [0.15, 0.2) is 5.65 Å². The van der Waals surface area contributed by atoms with E-state index in [1.54, 1.807) is 12.3 Å². The van der Waals surface area contributed by atoms with Crippen LogP contribution in [0.3, 0.4) is 0 Å². The second-order valence-electron chi connectivity index (χ2n) is 11.2. The van der Waals surface area contributed by atoms with E-state index in [1.807, 2.05) is 35.9 Å². The summed E-state index contributed by atoms with van der Waals surface area (Å²) in [6, 6.07) is 4.97. The summed E-state index contributed by atoms with van der Waals surface area (Å²) in [5.74, 6) is 1.32. The van der Waals surface area contributed by atoms with Gasteiger partial charge >= 0.3 is 6.03 Å². The zero-order valence-corrected chi connectivity index (χ0v) is 23.5. The lowest BCUT2D eigenvalue weighted by atomic mass is 10.1. The molecule has 2 aliphatic carbocycles. The second-order valence-corrected chi connectivity index (χ2v) is 11.2. The van der Waals surface area contributed by atoms with Crippen LogP contribution in [0.25, 0.3) is 5.65 Å². The molecule has 1 aliphatic heterocycles. The van der Waals surface area contributed by atoms with Crippen molar-refractivity contribution in [1.29, 1.82) is 0 Å². The van der Waals surface area contributed by atoms with E-state index in [4.69, 9.17) is 4.98 Å². The highest BCUT2D eigenvalue weighted by molar-refractivity contribution is 6.13. The molecule has 0 unspecified atom stereocenters. The van der Waals surface area contributed by atoms with Crippen molar-refractivity contribution in [2.75, 3.05) is 35.2 Å². The summed E-state index contributed by atoms with van der Waals surface area (Å²) in [5, 5.41) is 15.4. The normalized spacial score (nSPS) is 19.8. The first kappa shape index (κ1) is 26.9. The average molecular weight is 583 g/mol. The van der Waals surface area contributed by atoms with E-state index in [1.165, 1.54) is 11.2 Å². The number of aliphatic hydroxyl groups is 1. The summed E-state index contributed by atoms with van der Waals surface area (Å²) in [6.07, 6.45) is 9.84. The Morgan fingerprint density at radius 3 is 2.72 bits per heavy atom. The van der Waals surface area contributed by atoms with Crippen LogP contribution in [0.5, 0.6) is 0 Å². The molecule has 14 heteroatoms. The minimum absolute atomic E-state index is 0.00595. The molecule has 0 radical (unpaired) electrons. The predicted octanol–water partition coefficient (Wildman–Crippen LogP) is 2.22. The maximum atomic E-state index is 13.0. The van der Waals surface area contributed by atoms with Crippen molar-refractivity contribution in [2.45, 2.75) is 44.6 Å². The number of amides is 4.